The number of aromatic nitrogens is 2. The van der Waals surface area contributed by atoms with Gasteiger partial charge in [0.1, 0.15) is 5.82 Å². The van der Waals surface area contributed by atoms with Crippen LogP contribution in [0.25, 0.3) is 11.0 Å². The summed E-state index contributed by atoms with van der Waals surface area (Å²) in [7, 11) is 0. The topological polar surface area (TPSA) is 52.7 Å². The van der Waals surface area contributed by atoms with Gasteiger partial charge < -0.3 is 15.6 Å². The third-order valence-electron chi connectivity index (χ3n) is 3.12. The first-order valence-corrected chi connectivity index (χ1v) is 5.94. The van der Waals surface area contributed by atoms with E-state index in [1.807, 2.05) is 0 Å². The molecule has 4 nitrogen and oxygen atoms in total. The van der Waals surface area contributed by atoms with E-state index in [2.05, 4.69) is 20.6 Å². The van der Waals surface area contributed by atoms with Crippen molar-refractivity contribution in [3.05, 3.63) is 24.0 Å². The minimum absolute atomic E-state index is 0.245. The number of nitrogens with zero attached hydrogens (tertiary/aromatic N) is 1. The molecule has 0 aliphatic carbocycles. The Hall–Kier alpha value is -1.62. The summed E-state index contributed by atoms with van der Waals surface area (Å²) in [6.07, 6.45) is 2.43. The summed E-state index contributed by atoms with van der Waals surface area (Å²) in [6.45, 7) is 1.94. The number of rotatable bonds is 3. The maximum absolute atomic E-state index is 13.0. The maximum atomic E-state index is 13.0. The van der Waals surface area contributed by atoms with Gasteiger partial charge in [-0.15, -0.1) is 0 Å². The molecular weight excluding hydrogens is 219 g/mol. The van der Waals surface area contributed by atoms with Gasteiger partial charge in [-0.05, 0) is 37.6 Å². The molecule has 3 rings (SSSR count). The van der Waals surface area contributed by atoms with Gasteiger partial charge in [-0.2, -0.15) is 0 Å². The summed E-state index contributed by atoms with van der Waals surface area (Å²) >= 11 is 0. The van der Waals surface area contributed by atoms with E-state index < -0.39 is 0 Å². The van der Waals surface area contributed by atoms with E-state index >= 15 is 0 Å². The van der Waals surface area contributed by atoms with Gasteiger partial charge in [0.2, 0.25) is 5.95 Å². The highest BCUT2D eigenvalue weighted by Crippen LogP contribution is 2.15. The fourth-order valence-electron chi connectivity index (χ4n) is 2.22. The fourth-order valence-corrected chi connectivity index (χ4v) is 2.22. The lowest BCUT2D eigenvalue weighted by molar-refractivity contribution is 0.629. The third kappa shape index (κ3) is 2.24. The van der Waals surface area contributed by atoms with Crippen molar-refractivity contribution >= 4 is 17.0 Å². The number of H-pyrrole nitrogens is 1. The molecule has 5 heteroatoms. The van der Waals surface area contributed by atoms with Gasteiger partial charge in [-0.25, -0.2) is 9.37 Å². The van der Waals surface area contributed by atoms with Crippen molar-refractivity contribution in [3.8, 4) is 0 Å². The number of hydrogen-bond donors (Lipinski definition) is 3. The molecule has 90 valence electrons. The molecule has 1 aliphatic heterocycles. The zero-order chi connectivity index (χ0) is 11.7. The van der Waals surface area contributed by atoms with Crippen LogP contribution in [0.4, 0.5) is 10.3 Å². The van der Waals surface area contributed by atoms with Crippen LogP contribution >= 0.6 is 0 Å². The monoisotopic (exact) mass is 234 g/mol. The number of hydrogen-bond acceptors (Lipinski definition) is 3. The average molecular weight is 234 g/mol. The predicted molar refractivity (Wildman–Crippen MR) is 65.6 cm³/mol. The summed E-state index contributed by atoms with van der Waals surface area (Å²) in [5, 5.41) is 6.65. The number of imidazole rings is 1. The van der Waals surface area contributed by atoms with Crippen molar-refractivity contribution in [3.63, 3.8) is 0 Å². The van der Waals surface area contributed by atoms with E-state index in [-0.39, 0.29) is 5.82 Å². The van der Waals surface area contributed by atoms with Gasteiger partial charge in [0, 0.05) is 12.6 Å². The molecule has 1 saturated heterocycles. The molecule has 2 heterocycles. The van der Waals surface area contributed by atoms with Crippen molar-refractivity contribution in [1.29, 1.82) is 0 Å². The molecule has 1 aliphatic rings. The van der Waals surface area contributed by atoms with Crippen LogP contribution in [0.3, 0.4) is 0 Å². The lowest BCUT2D eigenvalue weighted by Crippen LogP contribution is -2.29. The number of nitrogens with one attached hydrogen (secondary N) is 3. The first-order valence-electron chi connectivity index (χ1n) is 5.94. The van der Waals surface area contributed by atoms with Crippen molar-refractivity contribution < 1.29 is 4.39 Å². The number of fused-ring (bicyclic) bond motifs is 1. The summed E-state index contributed by atoms with van der Waals surface area (Å²) < 4.78 is 13.0. The van der Waals surface area contributed by atoms with Crippen molar-refractivity contribution in [2.45, 2.75) is 18.9 Å². The van der Waals surface area contributed by atoms with E-state index in [0.717, 1.165) is 24.1 Å². The van der Waals surface area contributed by atoms with E-state index in [9.17, 15) is 4.39 Å². The zero-order valence-corrected chi connectivity index (χ0v) is 9.46. The molecule has 0 radical (unpaired) electrons. The number of benzene rings is 1. The van der Waals surface area contributed by atoms with Crippen LogP contribution < -0.4 is 10.6 Å². The molecule has 1 unspecified atom stereocenters. The molecule has 0 bridgehead atoms. The van der Waals surface area contributed by atoms with Crippen molar-refractivity contribution in [2.24, 2.45) is 0 Å². The number of aromatic amines is 1. The number of halogens is 1. The second-order valence-corrected chi connectivity index (χ2v) is 4.42. The molecular formula is C12H15FN4. The van der Waals surface area contributed by atoms with E-state index in [4.69, 9.17) is 0 Å². The minimum atomic E-state index is -0.245. The van der Waals surface area contributed by atoms with Gasteiger partial charge in [0.05, 0.1) is 11.0 Å². The molecule has 1 aromatic heterocycles. The highest BCUT2D eigenvalue weighted by atomic mass is 19.1. The normalized spacial score (nSPS) is 19.9. The van der Waals surface area contributed by atoms with E-state index in [1.54, 1.807) is 6.07 Å². The third-order valence-corrected chi connectivity index (χ3v) is 3.12. The Balaban J connectivity index is 1.72. The molecule has 3 N–H and O–H groups in total. The standard InChI is InChI=1S/C12H15FN4/c13-8-3-4-10-11(6-8)17-12(16-10)15-7-9-2-1-5-14-9/h3-4,6,9,14H,1-2,5,7H2,(H2,15,16,17). The van der Waals surface area contributed by atoms with E-state index in [0.29, 0.717) is 12.0 Å². The quantitative estimate of drug-likeness (QED) is 0.760. The van der Waals surface area contributed by atoms with Crippen LogP contribution in [0.1, 0.15) is 12.8 Å². The first-order chi connectivity index (χ1) is 8.31. The van der Waals surface area contributed by atoms with Crippen LogP contribution in [0.2, 0.25) is 0 Å². The Labute approximate surface area is 98.6 Å². The molecule has 1 atom stereocenters. The molecule has 0 amide bonds. The Morgan fingerprint density at radius 1 is 1.47 bits per heavy atom. The van der Waals surface area contributed by atoms with Crippen LogP contribution in [0, 0.1) is 5.82 Å². The second kappa shape index (κ2) is 4.33. The molecule has 1 aromatic carbocycles. The van der Waals surface area contributed by atoms with Crippen LogP contribution in [-0.4, -0.2) is 29.1 Å². The van der Waals surface area contributed by atoms with Gasteiger partial charge in [0.25, 0.3) is 0 Å². The van der Waals surface area contributed by atoms with E-state index in [1.165, 1.54) is 25.0 Å². The van der Waals surface area contributed by atoms with Crippen LogP contribution in [0.5, 0.6) is 0 Å². The van der Waals surface area contributed by atoms with Crippen LogP contribution in [0.15, 0.2) is 18.2 Å². The molecule has 1 fully saturated rings. The largest absolute Gasteiger partial charge is 0.354 e. The Morgan fingerprint density at radius 3 is 3.24 bits per heavy atom. The fraction of sp³-hybridized carbons (Fsp3) is 0.417. The summed E-state index contributed by atoms with van der Waals surface area (Å²) in [5.74, 6) is 0.462. The lowest BCUT2D eigenvalue weighted by Gasteiger charge is -2.09. The number of anilines is 1. The maximum Gasteiger partial charge on any atom is 0.201 e. The summed E-state index contributed by atoms with van der Waals surface area (Å²) in [5.41, 5.74) is 1.51. The molecule has 2 aromatic rings. The van der Waals surface area contributed by atoms with Gasteiger partial charge >= 0.3 is 0 Å². The van der Waals surface area contributed by atoms with Crippen molar-refractivity contribution in [2.75, 3.05) is 18.4 Å². The molecule has 0 spiro atoms. The summed E-state index contributed by atoms with van der Waals surface area (Å²) in [6, 6.07) is 5.08. The highest BCUT2D eigenvalue weighted by molar-refractivity contribution is 5.77. The zero-order valence-electron chi connectivity index (χ0n) is 9.46. The van der Waals surface area contributed by atoms with Crippen LogP contribution in [-0.2, 0) is 0 Å². The Morgan fingerprint density at radius 2 is 2.41 bits per heavy atom. The Bertz CT molecular complexity index is 516. The smallest absolute Gasteiger partial charge is 0.201 e. The summed E-state index contributed by atoms with van der Waals surface area (Å²) in [4.78, 5) is 7.42. The first kappa shape index (κ1) is 10.5. The molecule has 17 heavy (non-hydrogen) atoms. The Kier molecular flexibility index (Phi) is 2.68. The lowest BCUT2D eigenvalue weighted by atomic mass is 10.2. The minimum Gasteiger partial charge on any atom is -0.354 e. The van der Waals surface area contributed by atoms with Gasteiger partial charge in [-0.1, -0.05) is 0 Å². The average Bonchev–Trinajstić information content (AvgIpc) is 2.94. The van der Waals surface area contributed by atoms with Gasteiger partial charge in [-0.3, -0.25) is 0 Å². The predicted octanol–water partition coefficient (Wildman–Crippen LogP) is 1.87. The highest BCUT2D eigenvalue weighted by Gasteiger charge is 2.13. The van der Waals surface area contributed by atoms with Crippen molar-refractivity contribution in [1.82, 2.24) is 15.3 Å². The second-order valence-electron chi connectivity index (χ2n) is 4.42. The SMILES string of the molecule is Fc1ccc2nc(NCC3CCCN3)[nH]c2c1. The van der Waals surface area contributed by atoms with Gasteiger partial charge in [0.15, 0.2) is 0 Å². The molecule has 0 saturated carbocycles.